The molecule has 2 aliphatic heterocycles. The van der Waals surface area contributed by atoms with Gasteiger partial charge in [-0.1, -0.05) is 18.2 Å². The second kappa shape index (κ2) is 7.76. The third kappa shape index (κ3) is 3.98. The molecule has 2 N–H and O–H groups in total. The van der Waals surface area contributed by atoms with Gasteiger partial charge >= 0.3 is 6.03 Å². The van der Waals surface area contributed by atoms with Crippen LogP contribution < -0.4 is 15.5 Å². The lowest BCUT2D eigenvalue weighted by Crippen LogP contribution is -2.54. The summed E-state index contributed by atoms with van der Waals surface area (Å²) in [7, 11) is 0. The Morgan fingerprint density at radius 2 is 1.88 bits per heavy atom. The van der Waals surface area contributed by atoms with E-state index in [0.717, 1.165) is 18.5 Å². The minimum atomic E-state index is -0.515. The Morgan fingerprint density at radius 3 is 2.58 bits per heavy atom. The molecular weight excluding hydrogens is 332 g/mol. The molecule has 7 heteroatoms. The summed E-state index contributed by atoms with van der Waals surface area (Å²) < 4.78 is 0. The van der Waals surface area contributed by atoms with E-state index in [1.807, 2.05) is 37.3 Å². The van der Waals surface area contributed by atoms with Gasteiger partial charge < -0.3 is 20.4 Å². The largest absolute Gasteiger partial charge is 0.352 e. The highest BCUT2D eigenvalue weighted by Crippen LogP contribution is 2.26. The second-order valence-corrected chi connectivity index (χ2v) is 7.12. The first-order chi connectivity index (χ1) is 12.5. The zero-order chi connectivity index (χ0) is 18.7. The Balaban J connectivity index is 1.61. The average molecular weight is 358 g/mol. The zero-order valence-electron chi connectivity index (χ0n) is 15.3. The summed E-state index contributed by atoms with van der Waals surface area (Å²) in [5.41, 5.74) is 0.852. The molecule has 3 rings (SSSR count). The van der Waals surface area contributed by atoms with Gasteiger partial charge in [0.15, 0.2) is 0 Å². The van der Waals surface area contributed by atoms with Gasteiger partial charge in [0.1, 0.15) is 6.04 Å². The van der Waals surface area contributed by atoms with Crippen molar-refractivity contribution >= 4 is 23.5 Å². The quantitative estimate of drug-likeness (QED) is 0.859. The molecular formula is C19H26N4O3. The number of carbonyl (C=O) groups is 3. The molecule has 0 aromatic heterocycles. The molecule has 2 aliphatic rings. The minimum Gasteiger partial charge on any atom is -0.352 e. The van der Waals surface area contributed by atoms with Crippen molar-refractivity contribution < 1.29 is 14.4 Å². The molecule has 140 valence electrons. The Kier molecular flexibility index (Phi) is 5.44. The van der Waals surface area contributed by atoms with E-state index in [4.69, 9.17) is 0 Å². The molecule has 26 heavy (non-hydrogen) atoms. The molecule has 7 nitrogen and oxygen atoms in total. The normalized spacial score (nSPS) is 25.9. The summed E-state index contributed by atoms with van der Waals surface area (Å²) >= 11 is 0. The predicted molar refractivity (Wildman–Crippen MR) is 98.7 cm³/mol. The van der Waals surface area contributed by atoms with E-state index in [0.29, 0.717) is 19.5 Å². The highest BCUT2D eigenvalue weighted by Gasteiger charge is 2.39. The van der Waals surface area contributed by atoms with Gasteiger partial charge in [-0.25, -0.2) is 4.79 Å². The van der Waals surface area contributed by atoms with Crippen LogP contribution in [-0.2, 0) is 9.59 Å². The fourth-order valence-electron chi connectivity index (χ4n) is 3.83. The number of anilines is 1. The van der Waals surface area contributed by atoms with Gasteiger partial charge in [0, 0.05) is 37.8 Å². The maximum absolute atomic E-state index is 12.8. The Labute approximate surface area is 153 Å². The predicted octanol–water partition coefficient (Wildman–Crippen LogP) is 1.49. The van der Waals surface area contributed by atoms with Crippen LogP contribution in [-0.4, -0.2) is 54.0 Å². The molecule has 0 saturated carbocycles. The number of hydrogen-bond acceptors (Lipinski definition) is 3. The molecule has 0 bridgehead atoms. The van der Waals surface area contributed by atoms with Gasteiger partial charge in [0.25, 0.3) is 0 Å². The molecule has 2 fully saturated rings. The fourth-order valence-corrected chi connectivity index (χ4v) is 3.83. The van der Waals surface area contributed by atoms with Crippen LogP contribution in [0.1, 0.15) is 33.1 Å². The maximum atomic E-state index is 12.8. The first-order valence-electron chi connectivity index (χ1n) is 9.16. The lowest BCUT2D eigenvalue weighted by molar-refractivity contribution is -0.120. The molecule has 0 aliphatic carbocycles. The van der Waals surface area contributed by atoms with Gasteiger partial charge in [0.05, 0.1) is 0 Å². The molecule has 4 amide bonds. The van der Waals surface area contributed by atoms with Crippen molar-refractivity contribution in [2.45, 2.75) is 51.2 Å². The van der Waals surface area contributed by atoms with Gasteiger partial charge in [-0.15, -0.1) is 0 Å². The number of likely N-dealkylation sites (tertiary alicyclic amines) is 1. The van der Waals surface area contributed by atoms with Crippen molar-refractivity contribution in [3.63, 3.8) is 0 Å². The van der Waals surface area contributed by atoms with Gasteiger partial charge in [-0.2, -0.15) is 0 Å². The van der Waals surface area contributed by atoms with Crippen LogP contribution >= 0.6 is 0 Å². The highest BCUT2D eigenvalue weighted by atomic mass is 16.2. The third-order valence-electron chi connectivity index (χ3n) is 5.00. The molecule has 1 aromatic rings. The summed E-state index contributed by atoms with van der Waals surface area (Å²) in [6, 6.07) is 8.78. The van der Waals surface area contributed by atoms with Crippen molar-refractivity contribution in [2.75, 3.05) is 18.0 Å². The Bertz CT molecular complexity index is 679. The van der Waals surface area contributed by atoms with Crippen LogP contribution in [0.2, 0.25) is 0 Å². The van der Waals surface area contributed by atoms with Crippen molar-refractivity contribution in [1.29, 1.82) is 0 Å². The van der Waals surface area contributed by atoms with E-state index in [1.54, 1.807) is 9.80 Å². The highest BCUT2D eigenvalue weighted by molar-refractivity contribution is 6.01. The molecule has 1 aromatic carbocycles. The average Bonchev–Trinajstić information content (AvgIpc) is 2.89. The lowest BCUT2D eigenvalue weighted by atomic mass is 10.1. The number of piperidine rings is 1. The SMILES string of the molecule is CC(=O)NC1CCCN(C(=O)NC2CC(C)N(c3ccccc3)C2=O)C1. The van der Waals surface area contributed by atoms with Crippen LogP contribution in [0.25, 0.3) is 0 Å². The Hall–Kier alpha value is -2.57. The first kappa shape index (κ1) is 18.2. The van der Waals surface area contributed by atoms with Crippen LogP contribution in [0.5, 0.6) is 0 Å². The van der Waals surface area contributed by atoms with E-state index < -0.39 is 6.04 Å². The molecule has 0 radical (unpaired) electrons. The second-order valence-electron chi connectivity index (χ2n) is 7.12. The summed E-state index contributed by atoms with van der Waals surface area (Å²) in [6.45, 7) is 4.59. The Morgan fingerprint density at radius 1 is 1.15 bits per heavy atom. The number of amides is 4. The molecule has 3 unspecified atom stereocenters. The number of rotatable bonds is 3. The van der Waals surface area contributed by atoms with Gasteiger partial charge in [-0.05, 0) is 38.3 Å². The summed E-state index contributed by atoms with van der Waals surface area (Å²) in [5, 5.41) is 5.75. The number of urea groups is 1. The van der Waals surface area contributed by atoms with E-state index in [-0.39, 0.29) is 29.9 Å². The van der Waals surface area contributed by atoms with Crippen LogP contribution in [0.15, 0.2) is 30.3 Å². The number of carbonyl (C=O) groups excluding carboxylic acids is 3. The molecule has 3 atom stereocenters. The fraction of sp³-hybridized carbons (Fsp3) is 0.526. The van der Waals surface area contributed by atoms with Gasteiger partial charge in [0.2, 0.25) is 11.8 Å². The summed E-state index contributed by atoms with van der Waals surface area (Å²) in [6.07, 6.45) is 2.29. The first-order valence-corrected chi connectivity index (χ1v) is 9.16. The number of para-hydroxylation sites is 1. The zero-order valence-corrected chi connectivity index (χ0v) is 15.3. The number of benzene rings is 1. The van der Waals surface area contributed by atoms with E-state index in [9.17, 15) is 14.4 Å². The van der Waals surface area contributed by atoms with E-state index in [2.05, 4.69) is 10.6 Å². The standard InChI is InChI=1S/C19H26N4O3/c1-13-11-17(18(25)23(13)16-8-4-3-5-9-16)21-19(26)22-10-6-7-15(12-22)20-14(2)24/h3-5,8-9,13,15,17H,6-7,10-12H2,1-2H3,(H,20,24)(H,21,26). The molecule has 2 heterocycles. The van der Waals surface area contributed by atoms with Crippen LogP contribution in [0.3, 0.4) is 0 Å². The summed E-state index contributed by atoms with van der Waals surface area (Å²) in [5.74, 6) is -0.164. The molecule has 2 saturated heterocycles. The minimum absolute atomic E-state index is 0.0222. The van der Waals surface area contributed by atoms with Crippen molar-refractivity contribution in [3.8, 4) is 0 Å². The third-order valence-corrected chi connectivity index (χ3v) is 5.00. The van der Waals surface area contributed by atoms with Crippen LogP contribution in [0.4, 0.5) is 10.5 Å². The van der Waals surface area contributed by atoms with E-state index >= 15 is 0 Å². The maximum Gasteiger partial charge on any atom is 0.318 e. The number of nitrogens with zero attached hydrogens (tertiary/aromatic N) is 2. The topological polar surface area (TPSA) is 81.8 Å². The van der Waals surface area contributed by atoms with E-state index in [1.165, 1.54) is 6.92 Å². The smallest absolute Gasteiger partial charge is 0.318 e. The summed E-state index contributed by atoms with van der Waals surface area (Å²) in [4.78, 5) is 40.1. The van der Waals surface area contributed by atoms with Crippen molar-refractivity contribution in [1.82, 2.24) is 15.5 Å². The van der Waals surface area contributed by atoms with Crippen molar-refractivity contribution in [3.05, 3.63) is 30.3 Å². The molecule has 0 spiro atoms. The number of hydrogen-bond donors (Lipinski definition) is 2. The van der Waals surface area contributed by atoms with Crippen LogP contribution in [0, 0.1) is 0 Å². The monoisotopic (exact) mass is 358 g/mol. The lowest BCUT2D eigenvalue weighted by Gasteiger charge is -2.33. The van der Waals surface area contributed by atoms with Gasteiger partial charge in [-0.3, -0.25) is 9.59 Å². The number of nitrogens with one attached hydrogen (secondary N) is 2. The van der Waals surface area contributed by atoms with Crippen molar-refractivity contribution in [2.24, 2.45) is 0 Å².